The summed E-state index contributed by atoms with van der Waals surface area (Å²) in [5, 5.41) is 53.8. The van der Waals surface area contributed by atoms with Crippen LogP contribution in [0, 0.1) is 63.1 Å². The first kappa shape index (κ1) is 37.3. The van der Waals surface area contributed by atoms with Crippen LogP contribution in [0.2, 0.25) is 0 Å². The van der Waals surface area contributed by atoms with Crippen LogP contribution in [0.25, 0.3) is 0 Å². The normalized spacial score (nSPS) is 53.9. The van der Waals surface area contributed by atoms with E-state index in [2.05, 4.69) is 35.9 Å². The zero-order valence-electron chi connectivity index (χ0n) is 32.5. The summed E-state index contributed by atoms with van der Waals surface area (Å²) in [5.41, 5.74) is -7.96. The van der Waals surface area contributed by atoms with Gasteiger partial charge in [-0.15, -0.1) is 11.8 Å². The topological polar surface area (TPSA) is 158 Å². The van der Waals surface area contributed by atoms with Crippen molar-refractivity contribution in [2.45, 2.75) is 152 Å². The van der Waals surface area contributed by atoms with Gasteiger partial charge in [-0.25, -0.2) is 0 Å². The number of carbonyl (C=O) groups excluding carboxylic acids is 2. The second-order valence-electron chi connectivity index (χ2n) is 19.2. The summed E-state index contributed by atoms with van der Waals surface area (Å²) in [6.45, 7) is 9.48. The van der Waals surface area contributed by atoms with E-state index in [0.717, 1.165) is 12.8 Å². The summed E-state index contributed by atoms with van der Waals surface area (Å²) in [5.74, 6) is 13.1. The molecule has 10 rings (SSSR count). The van der Waals surface area contributed by atoms with E-state index in [1.165, 1.54) is 0 Å². The standard InChI is InChI=1S/C43H58N2O9/c1-25-28-23-41-12-7-13-42(39(4,50)34(47)32(25)54-33(28)35(48)44-41)17-18-43(51)31-22-30(46)29-21-27(53-20-8-19-52-5)10-14-37(29,2)40(31,16-15-38(42,43)3)11-6-9-26-24-45(26)36(41)49/h22,25-29,32-35,44,47-48,50-51H,8-10,12,14-21,23-24H2,1-5H3/t25-,26+,27+,28-,29+,32+,33+,34-,35+,37+,38-,39-,40+,41-,42+,43-,45?/m1/s1. The molecule has 1 amide bonds. The Morgan fingerprint density at radius 3 is 2.59 bits per heavy atom. The minimum absolute atomic E-state index is 0.0206. The average Bonchev–Trinajstić information content (AvgIpc) is 3.77. The molecule has 5 aliphatic heterocycles. The van der Waals surface area contributed by atoms with Crippen molar-refractivity contribution in [3.8, 4) is 23.7 Å². The number of hydrogen-bond donors (Lipinski definition) is 5. The SMILES string of the molecule is COCCCO[C@H]1CC[C@@]2(C)[C@@H](C1)C(=O)C=C1[C@]3(O)CC[C@]45C#CC[C@@]6(C[C@@H]7[C@@H](C)[C@H](O[C@@H]7[C@H](O)N6)[C@@H](O)[C@@]4(C)O)C(=O)N4C[C@@H]4CC#C[C@]12CC[C@]53C. The molecule has 5 heterocycles. The fourth-order valence-corrected chi connectivity index (χ4v) is 13.6. The van der Waals surface area contributed by atoms with Crippen molar-refractivity contribution in [3.05, 3.63) is 11.6 Å². The molecular formula is C43H58N2O9. The Morgan fingerprint density at radius 1 is 1.02 bits per heavy atom. The Labute approximate surface area is 318 Å². The lowest BCUT2D eigenvalue weighted by atomic mass is 9.38. The Bertz CT molecular complexity index is 1790. The molecule has 0 aromatic rings. The van der Waals surface area contributed by atoms with Gasteiger partial charge in [0.15, 0.2) is 5.78 Å². The number of aliphatic hydroxyl groups is 4. The fraction of sp³-hybridized carbons (Fsp3) is 0.814. The molecule has 11 nitrogen and oxygen atoms in total. The number of rotatable bonds is 5. The molecule has 7 bridgehead atoms. The van der Waals surface area contributed by atoms with Crippen molar-refractivity contribution in [2.24, 2.45) is 39.4 Å². The Morgan fingerprint density at radius 2 is 1.81 bits per heavy atom. The van der Waals surface area contributed by atoms with Gasteiger partial charge in [-0.1, -0.05) is 32.6 Å². The van der Waals surface area contributed by atoms with Crippen LogP contribution >= 0.6 is 0 Å². The van der Waals surface area contributed by atoms with E-state index in [4.69, 9.17) is 14.2 Å². The van der Waals surface area contributed by atoms with Gasteiger partial charge in [0.25, 0.3) is 0 Å². The number of methoxy groups -OCH3 is 1. The highest BCUT2D eigenvalue weighted by Crippen LogP contribution is 2.76. The molecule has 0 aromatic carbocycles. The maximum Gasteiger partial charge on any atom is 0.244 e. The number of allylic oxidation sites excluding steroid dienone is 1. The monoisotopic (exact) mass is 746 g/mol. The molecule has 54 heavy (non-hydrogen) atoms. The van der Waals surface area contributed by atoms with Gasteiger partial charge < -0.3 is 39.5 Å². The lowest BCUT2D eigenvalue weighted by Crippen LogP contribution is -2.69. The second-order valence-corrected chi connectivity index (χ2v) is 19.2. The van der Waals surface area contributed by atoms with Crippen LogP contribution in [-0.4, -0.2) is 117 Å². The summed E-state index contributed by atoms with van der Waals surface area (Å²) in [6.07, 6.45) is 2.72. The van der Waals surface area contributed by atoms with Gasteiger partial charge in [0.05, 0.1) is 34.7 Å². The van der Waals surface area contributed by atoms with Gasteiger partial charge in [0, 0.05) is 51.0 Å². The van der Waals surface area contributed by atoms with E-state index in [1.807, 2.05) is 18.7 Å². The molecule has 0 radical (unpaired) electrons. The minimum Gasteiger partial charge on any atom is -0.387 e. The third kappa shape index (κ3) is 4.56. The van der Waals surface area contributed by atoms with Gasteiger partial charge in [-0.3, -0.25) is 14.9 Å². The van der Waals surface area contributed by atoms with Crippen molar-refractivity contribution in [2.75, 3.05) is 26.9 Å². The summed E-state index contributed by atoms with van der Waals surface area (Å²) in [6, 6.07) is -0.103. The largest absolute Gasteiger partial charge is 0.387 e. The predicted octanol–water partition coefficient (Wildman–Crippen LogP) is 2.23. The van der Waals surface area contributed by atoms with Gasteiger partial charge in [-0.05, 0) is 93.6 Å². The van der Waals surface area contributed by atoms with Gasteiger partial charge in [-0.2, -0.15) is 0 Å². The molecule has 5 N–H and O–H groups in total. The van der Waals surface area contributed by atoms with Crippen LogP contribution in [0.4, 0.5) is 0 Å². The number of ether oxygens (including phenoxy) is 3. The first-order valence-electron chi connectivity index (χ1n) is 20.5. The van der Waals surface area contributed by atoms with Crippen molar-refractivity contribution in [1.82, 2.24) is 10.2 Å². The molecule has 16 atom stereocenters. The summed E-state index contributed by atoms with van der Waals surface area (Å²) in [7, 11) is 1.68. The third-order valence-corrected chi connectivity index (χ3v) is 17.0. The molecule has 10 aliphatic rings. The smallest absolute Gasteiger partial charge is 0.244 e. The van der Waals surface area contributed by atoms with Crippen LogP contribution in [0.3, 0.4) is 0 Å². The molecule has 0 aromatic heterocycles. The third-order valence-electron chi connectivity index (χ3n) is 17.0. The van der Waals surface area contributed by atoms with Crippen LogP contribution in [0.5, 0.6) is 0 Å². The minimum atomic E-state index is -1.89. The van der Waals surface area contributed by atoms with E-state index in [0.29, 0.717) is 63.9 Å². The second kappa shape index (κ2) is 12.1. The average molecular weight is 747 g/mol. The first-order chi connectivity index (χ1) is 25.5. The van der Waals surface area contributed by atoms with Crippen LogP contribution in [0.15, 0.2) is 11.6 Å². The molecule has 294 valence electrons. The molecular weight excluding hydrogens is 688 g/mol. The van der Waals surface area contributed by atoms with Gasteiger partial charge >= 0.3 is 0 Å². The van der Waals surface area contributed by atoms with Crippen LogP contribution < -0.4 is 5.32 Å². The van der Waals surface area contributed by atoms with E-state index < -0.39 is 62.9 Å². The number of piperidine rings is 1. The number of nitrogens with one attached hydrogen (secondary N) is 1. The maximum atomic E-state index is 14.7. The molecule has 3 saturated carbocycles. The summed E-state index contributed by atoms with van der Waals surface area (Å²) >= 11 is 0. The number of fused-ring (bicyclic) bond motifs is 4. The van der Waals surface area contributed by atoms with E-state index in [1.54, 1.807) is 20.1 Å². The number of hydrogen-bond acceptors (Lipinski definition) is 10. The number of ketones is 1. The molecule has 6 fully saturated rings. The van der Waals surface area contributed by atoms with Crippen LogP contribution in [0.1, 0.15) is 98.3 Å². The highest BCUT2D eigenvalue weighted by atomic mass is 16.5. The van der Waals surface area contributed by atoms with Gasteiger partial charge in [0.1, 0.15) is 29.6 Å². The first-order valence-corrected chi connectivity index (χ1v) is 20.5. The zero-order valence-corrected chi connectivity index (χ0v) is 32.5. The molecule has 11 heteroatoms. The van der Waals surface area contributed by atoms with E-state index in [9.17, 15) is 30.0 Å². The van der Waals surface area contributed by atoms with Crippen molar-refractivity contribution in [1.29, 1.82) is 0 Å². The summed E-state index contributed by atoms with van der Waals surface area (Å²) < 4.78 is 18.0. The van der Waals surface area contributed by atoms with Crippen LogP contribution in [-0.2, 0) is 23.8 Å². The van der Waals surface area contributed by atoms with Gasteiger partial charge in [0.2, 0.25) is 5.91 Å². The fourth-order valence-electron chi connectivity index (χ4n) is 13.6. The number of amides is 1. The highest BCUT2D eigenvalue weighted by molar-refractivity contribution is 5.96. The van der Waals surface area contributed by atoms with Crippen molar-refractivity contribution >= 4 is 11.7 Å². The molecule has 3 saturated heterocycles. The van der Waals surface area contributed by atoms with E-state index >= 15 is 0 Å². The zero-order chi connectivity index (χ0) is 38.3. The Kier molecular flexibility index (Phi) is 8.35. The number of nitrogens with zero attached hydrogens (tertiary/aromatic N) is 1. The maximum absolute atomic E-state index is 14.7. The number of aliphatic hydroxyl groups excluding tert-OH is 2. The lowest BCUT2D eigenvalue weighted by Gasteiger charge is -2.66. The summed E-state index contributed by atoms with van der Waals surface area (Å²) in [4.78, 5) is 31.0. The molecule has 0 unspecified atom stereocenters. The number of carbonyl (C=O) groups is 2. The lowest BCUT2D eigenvalue weighted by molar-refractivity contribution is -0.227. The predicted molar refractivity (Wildman–Crippen MR) is 196 cm³/mol. The molecule has 5 aliphatic carbocycles. The Hall–Kier alpha value is -2.32. The molecule has 3 spiro atoms. The van der Waals surface area contributed by atoms with E-state index in [-0.39, 0.29) is 60.9 Å². The highest BCUT2D eigenvalue weighted by Gasteiger charge is 2.79. The quantitative estimate of drug-likeness (QED) is 0.161. The van der Waals surface area contributed by atoms with Crippen molar-refractivity contribution < 1.29 is 44.2 Å². The van der Waals surface area contributed by atoms with Crippen molar-refractivity contribution in [3.63, 3.8) is 0 Å². The Balaban J connectivity index is 1.22.